The first-order chi connectivity index (χ1) is 9.35. The molecule has 20 heavy (non-hydrogen) atoms. The number of benzene rings is 1. The van der Waals surface area contributed by atoms with E-state index in [4.69, 9.17) is 5.73 Å². The Morgan fingerprint density at radius 1 is 1.10 bits per heavy atom. The van der Waals surface area contributed by atoms with Crippen LogP contribution in [0.4, 0.5) is 13.2 Å². The first kappa shape index (κ1) is 14.8. The van der Waals surface area contributed by atoms with Gasteiger partial charge >= 0.3 is 6.36 Å². The van der Waals surface area contributed by atoms with Crippen molar-refractivity contribution in [3.63, 3.8) is 0 Å². The fraction of sp³-hybridized carbons (Fsp3) is 0.154. The van der Waals surface area contributed by atoms with Gasteiger partial charge in [0, 0.05) is 10.7 Å². The van der Waals surface area contributed by atoms with Crippen molar-refractivity contribution >= 4 is 15.9 Å². The summed E-state index contributed by atoms with van der Waals surface area (Å²) in [5, 5.41) is 0. The van der Waals surface area contributed by atoms with E-state index in [1.54, 1.807) is 18.3 Å². The molecule has 2 N–H and O–H groups in total. The van der Waals surface area contributed by atoms with Crippen LogP contribution in [0.5, 0.6) is 5.75 Å². The minimum absolute atomic E-state index is 0.280. The van der Waals surface area contributed by atoms with E-state index in [0.717, 1.165) is 4.47 Å². The number of nitrogens with zero attached hydrogens (tertiary/aromatic N) is 1. The van der Waals surface area contributed by atoms with E-state index in [2.05, 4.69) is 25.7 Å². The zero-order chi connectivity index (χ0) is 14.8. The number of alkyl halides is 3. The van der Waals surface area contributed by atoms with Crippen molar-refractivity contribution in [2.75, 3.05) is 0 Å². The highest BCUT2D eigenvalue weighted by molar-refractivity contribution is 9.10. The Kier molecular flexibility index (Phi) is 4.29. The van der Waals surface area contributed by atoms with Crippen molar-refractivity contribution in [1.82, 2.24) is 4.98 Å². The lowest BCUT2D eigenvalue weighted by atomic mass is 10.0. The molecule has 106 valence electrons. The molecular weight excluding hydrogens is 337 g/mol. The third-order valence-corrected chi connectivity index (χ3v) is 3.01. The predicted molar refractivity (Wildman–Crippen MR) is 71.1 cm³/mol. The SMILES string of the molecule is N[C@H](c1ccc(OC(F)(F)F)cc1)c1ccc(Br)cn1. The van der Waals surface area contributed by atoms with E-state index in [9.17, 15) is 13.2 Å². The molecule has 0 radical (unpaired) electrons. The molecule has 0 aliphatic carbocycles. The van der Waals surface area contributed by atoms with E-state index < -0.39 is 12.4 Å². The van der Waals surface area contributed by atoms with Crippen LogP contribution >= 0.6 is 15.9 Å². The molecule has 0 saturated carbocycles. The molecule has 0 aliphatic rings. The van der Waals surface area contributed by atoms with E-state index in [0.29, 0.717) is 11.3 Å². The molecule has 0 fully saturated rings. The molecule has 1 heterocycles. The Hall–Kier alpha value is -1.60. The van der Waals surface area contributed by atoms with Gasteiger partial charge in [-0.25, -0.2) is 0 Å². The molecular formula is C13H10BrF3N2O. The first-order valence-electron chi connectivity index (χ1n) is 5.58. The summed E-state index contributed by atoms with van der Waals surface area (Å²) < 4.78 is 40.7. The summed E-state index contributed by atoms with van der Waals surface area (Å²) in [5.74, 6) is -0.280. The van der Waals surface area contributed by atoms with Crippen LogP contribution in [0.2, 0.25) is 0 Å². The Balaban J connectivity index is 2.15. The van der Waals surface area contributed by atoms with Crippen LogP contribution in [0, 0.1) is 0 Å². The number of hydrogen-bond donors (Lipinski definition) is 1. The zero-order valence-corrected chi connectivity index (χ0v) is 11.6. The summed E-state index contributed by atoms with van der Waals surface area (Å²) in [7, 11) is 0. The maximum Gasteiger partial charge on any atom is 0.573 e. The van der Waals surface area contributed by atoms with Crippen LogP contribution in [0.1, 0.15) is 17.3 Å². The number of hydrogen-bond acceptors (Lipinski definition) is 3. The number of aromatic nitrogens is 1. The predicted octanol–water partition coefficient (Wildman–Crippen LogP) is 3.79. The number of ether oxygens (including phenoxy) is 1. The van der Waals surface area contributed by atoms with Crippen LogP contribution in [0.15, 0.2) is 47.1 Å². The minimum atomic E-state index is -4.70. The fourth-order valence-corrected chi connectivity index (χ4v) is 1.85. The van der Waals surface area contributed by atoms with Gasteiger partial charge in [-0.1, -0.05) is 12.1 Å². The van der Waals surface area contributed by atoms with Crippen LogP contribution in [0.3, 0.4) is 0 Å². The second-order valence-corrected chi connectivity index (χ2v) is 4.91. The van der Waals surface area contributed by atoms with E-state index in [1.807, 2.05) is 0 Å². The normalized spacial score (nSPS) is 13.1. The molecule has 0 saturated heterocycles. The standard InChI is InChI=1S/C13H10BrF3N2O/c14-9-3-6-11(19-7-9)12(18)8-1-4-10(5-2-8)20-13(15,16)17/h1-7,12H,18H2/t12-/m1/s1. The third kappa shape index (κ3) is 3.94. The van der Waals surface area contributed by atoms with Crippen LogP contribution in [-0.4, -0.2) is 11.3 Å². The second-order valence-electron chi connectivity index (χ2n) is 4.00. The largest absolute Gasteiger partial charge is 0.573 e. The van der Waals surface area contributed by atoms with Gasteiger partial charge in [-0.2, -0.15) is 0 Å². The highest BCUT2D eigenvalue weighted by Gasteiger charge is 2.31. The van der Waals surface area contributed by atoms with Gasteiger partial charge < -0.3 is 10.5 Å². The molecule has 1 atom stereocenters. The average Bonchev–Trinajstić information content (AvgIpc) is 2.38. The first-order valence-corrected chi connectivity index (χ1v) is 6.37. The molecule has 1 aromatic carbocycles. The van der Waals surface area contributed by atoms with Crippen LogP contribution < -0.4 is 10.5 Å². The lowest BCUT2D eigenvalue weighted by Gasteiger charge is -2.13. The molecule has 7 heteroatoms. The van der Waals surface area contributed by atoms with Crippen LogP contribution in [-0.2, 0) is 0 Å². The van der Waals surface area contributed by atoms with Gasteiger partial charge in [0.1, 0.15) is 5.75 Å². The molecule has 2 rings (SSSR count). The molecule has 0 spiro atoms. The zero-order valence-electron chi connectivity index (χ0n) is 10.1. The lowest BCUT2D eigenvalue weighted by Crippen LogP contribution is -2.17. The molecule has 0 bridgehead atoms. The quantitative estimate of drug-likeness (QED) is 0.919. The van der Waals surface area contributed by atoms with Gasteiger partial charge in [0.15, 0.2) is 0 Å². The maximum atomic E-state index is 12.0. The molecule has 0 unspecified atom stereocenters. The molecule has 0 aliphatic heterocycles. The van der Waals surface area contributed by atoms with E-state index in [1.165, 1.54) is 24.3 Å². The van der Waals surface area contributed by atoms with Gasteiger partial charge in [0.2, 0.25) is 0 Å². The number of pyridine rings is 1. The summed E-state index contributed by atoms with van der Waals surface area (Å²) in [4.78, 5) is 4.15. The summed E-state index contributed by atoms with van der Waals surface area (Å²) >= 11 is 3.26. The fourth-order valence-electron chi connectivity index (χ4n) is 1.62. The summed E-state index contributed by atoms with van der Waals surface area (Å²) in [6.07, 6.45) is -3.09. The minimum Gasteiger partial charge on any atom is -0.406 e. The summed E-state index contributed by atoms with van der Waals surface area (Å²) in [6, 6.07) is 8.44. The van der Waals surface area contributed by atoms with Crippen molar-refractivity contribution in [3.05, 3.63) is 58.3 Å². The highest BCUT2D eigenvalue weighted by atomic mass is 79.9. The Morgan fingerprint density at radius 2 is 1.75 bits per heavy atom. The van der Waals surface area contributed by atoms with Gasteiger partial charge in [-0.05, 0) is 45.8 Å². The van der Waals surface area contributed by atoms with Crippen molar-refractivity contribution in [1.29, 1.82) is 0 Å². The van der Waals surface area contributed by atoms with E-state index in [-0.39, 0.29) is 5.75 Å². The van der Waals surface area contributed by atoms with E-state index >= 15 is 0 Å². The van der Waals surface area contributed by atoms with Gasteiger partial charge in [-0.15, -0.1) is 13.2 Å². The number of rotatable bonds is 3. The summed E-state index contributed by atoms with van der Waals surface area (Å²) in [5.41, 5.74) is 7.27. The smallest absolute Gasteiger partial charge is 0.406 e. The molecule has 2 aromatic rings. The Labute approximate surface area is 121 Å². The summed E-state index contributed by atoms with van der Waals surface area (Å²) in [6.45, 7) is 0. The van der Waals surface area contributed by atoms with Crippen molar-refractivity contribution in [2.24, 2.45) is 5.73 Å². The Bertz CT molecular complexity index is 570. The average molecular weight is 347 g/mol. The Morgan fingerprint density at radius 3 is 2.25 bits per heavy atom. The van der Waals surface area contributed by atoms with Crippen molar-refractivity contribution in [3.8, 4) is 5.75 Å². The second kappa shape index (κ2) is 5.80. The monoisotopic (exact) mass is 346 g/mol. The van der Waals surface area contributed by atoms with Crippen LogP contribution in [0.25, 0.3) is 0 Å². The lowest BCUT2D eigenvalue weighted by molar-refractivity contribution is -0.274. The van der Waals surface area contributed by atoms with Crippen molar-refractivity contribution in [2.45, 2.75) is 12.4 Å². The van der Waals surface area contributed by atoms with Gasteiger partial charge in [0.25, 0.3) is 0 Å². The van der Waals surface area contributed by atoms with Gasteiger partial charge in [-0.3, -0.25) is 4.98 Å². The topological polar surface area (TPSA) is 48.1 Å². The third-order valence-electron chi connectivity index (χ3n) is 2.54. The number of halogens is 4. The molecule has 1 aromatic heterocycles. The molecule has 3 nitrogen and oxygen atoms in total. The molecule has 0 amide bonds. The highest BCUT2D eigenvalue weighted by Crippen LogP contribution is 2.25. The van der Waals surface area contributed by atoms with Crippen molar-refractivity contribution < 1.29 is 17.9 Å². The number of nitrogens with two attached hydrogens (primary N) is 1. The maximum absolute atomic E-state index is 12.0. The van der Waals surface area contributed by atoms with Gasteiger partial charge in [0.05, 0.1) is 11.7 Å².